The molecule has 0 radical (unpaired) electrons. The van der Waals surface area contributed by atoms with Gasteiger partial charge in [-0.3, -0.25) is 4.79 Å². The number of hydrogen-bond acceptors (Lipinski definition) is 4. The van der Waals surface area contributed by atoms with Gasteiger partial charge in [0.05, 0.1) is 12.0 Å². The number of benzene rings is 1. The van der Waals surface area contributed by atoms with Crippen LogP contribution in [0.1, 0.15) is 26.2 Å². The largest absolute Gasteiger partial charge is 0.497 e. The normalized spacial score (nSPS) is 26.4. The predicted molar refractivity (Wildman–Crippen MR) is 73.6 cm³/mol. The zero-order valence-electron chi connectivity index (χ0n) is 11.5. The Bertz CT molecular complexity index is 605. The third-order valence-electron chi connectivity index (χ3n) is 4.19. The fraction of sp³-hybridized carbons (Fsp3) is 0.500. The number of ether oxygens (including phenoxy) is 1. The average Bonchev–Trinajstić information content (AvgIpc) is 2.82. The smallest absolute Gasteiger partial charge is 0.325 e. The Labute approximate surface area is 118 Å². The fourth-order valence-electron chi connectivity index (χ4n) is 2.95. The van der Waals surface area contributed by atoms with E-state index in [-0.39, 0.29) is 11.3 Å². The Hall–Kier alpha value is -1.56. The highest BCUT2D eigenvalue weighted by Crippen LogP contribution is 2.45. The zero-order chi connectivity index (χ0) is 15.0. The molecule has 1 aromatic rings. The molecule has 0 saturated heterocycles. The molecule has 0 aliphatic heterocycles. The molecule has 1 aliphatic carbocycles. The van der Waals surface area contributed by atoms with Gasteiger partial charge in [-0.15, -0.1) is 0 Å². The van der Waals surface area contributed by atoms with Gasteiger partial charge in [0.15, 0.2) is 14.6 Å². The highest BCUT2D eigenvalue weighted by Gasteiger charge is 2.57. The summed E-state index contributed by atoms with van der Waals surface area (Å²) in [7, 11) is -2.44. The topological polar surface area (TPSA) is 80.7 Å². The van der Waals surface area contributed by atoms with Crippen LogP contribution in [0.5, 0.6) is 5.75 Å². The van der Waals surface area contributed by atoms with Crippen LogP contribution in [0.25, 0.3) is 0 Å². The Morgan fingerprint density at radius 1 is 1.35 bits per heavy atom. The maximum atomic E-state index is 12.8. The van der Waals surface area contributed by atoms with Crippen LogP contribution >= 0.6 is 0 Å². The molecule has 2 unspecified atom stereocenters. The van der Waals surface area contributed by atoms with E-state index in [0.29, 0.717) is 18.6 Å². The van der Waals surface area contributed by atoms with Crippen LogP contribution in [-0.4, -0.2) is 31.4 Å². The molecule has 1 aliphatic rings. The average molecular weight is 298 g/mol. The first kappa shape index (κ1) is 14.8. The first-order valence-corrected chi connectivity index (χ1v) is 7.96. The lowest BCUT2D eigenvalue weighted by Gasteiger charge is -2.28. The minimum Gasteiger partial charge on any atom is -0.497 e. The molecule has 1 aromatic carbocycles. The number of aliphatic carboxylic acids is 1. The summed E-state index contributed by atoms with van der Waals surface area (Å²) in [5.41, 5.74) is 0. The van der Waals surface area contributed by atoms with Crippen molar-refractivity contribution >= 4 is 15.8 Å². The summed E-state index contributed by atoms with van der Waals surface area (Å²) >= 11 is 0. The van der Waals surface area contributed by atoms with Crippen molar-refractivity contribution < 1.29 is 23.1 Å². The maximum Gasteiger partial charge on any atom is 0.325 e. The second-order valence-electron chi connectivity index (χ2n) is 5.17. The molecular weight excluding hydrogens is 280 g/mol. The molecule has 2 atom stereocenters. The molecule has 0 aromatic heterocycles. The SMILES string of the molecule is COc1ccc(S(=O)(=O)C2(C(=O)O)CCCC2C)cc1. The van der Waals surface area contributed by atoms with Crippen molar-refractivity contribution in [3.63, 3.8) is 0 Å². The minimum absolute atomic E-state index is 0.0365. The fourth-order valence-corrected chi connectivity index (χ4v) is 5.15. The Morgan fingerprint density at radius 3 is 2.35 bits per heavy atom. The number of sulfone groups is 1. The van der Waals surface area contributed by atoms with E-state index >= 15 is 0 Å². The lowest BCUT2D eigenvalue weighted by Crippen LogP contribution is -2.48. The number of methoxy groups -OCH3 is 1. The van der Waals surface area contributed by atoms with Crippen LogP contribution < -0.4 is 4.74 Å². The minimum atomic E-state index is -3.93. The number of carboxylic acid groups (broad SMARTS) is 1. The molecule has 0 amide bonds. The second-order valence-corrected chi connectivity index (χ2v) is 7.37. The number of rotatable bonds is 4. The molecule has 2 rings (SSSR count). The van der Waals surface area contributed by atoms with Crippen LogP contribution in [0, 0.1) is 5.92 Å². The first-order valence-electron chi connectivity index (χ1n) is 6.48. The zero-order valence-corrected chi connectivity index (χ0v) is 12.3. The Balaban J connectivity index is 2.54. The molecule has 1 N–H and O–H groups in total. The van der Waals surface area contributed by atoms with Crippen molar-refractivity contribution in [3.8, 4) is 5.75 Å². The summed E-state index contributed by atoms with van der Waals surface area (Å²) in [6, 6.07) is 5.87. The Kier molecular flexibility index (Phi) is 3.77. The summed E-state index contributed by atoms with van der Waals surface area (Å²) in [6.07, 6.45) is 1.39. The number of hydrogen-bond donors (Lipinski definition) is 1. The Morgan fingerprint density at radius 2 is 1.95 bits per heavy atom. The van der Waals surface area contributed by atoms with Crippen LogP contribution in [0.3, 0.4) is 0 Å². The highest BCUT2D eigenvalue weighted by atomic mass is 32.2. The molecule has 110 valence electrons. The van der Waals surface area contributed by atoms with Gasteiger partial charge in [0, 0.05) is 0 Å². The van der Waals surface area contributed by atoms with E-state index in [0.717, 1.165) is 0 Å². The van der Waals surface area contributed by atoms with E-state index in [1.165, 1.54) is 31.4 Å². The van der Waals surface area contributed by atoms with Crippen LogP contribution in [-0.2, 0) is 14.6 Å². The van der Waals surface area contributed by atoms with Gasteiger partial charge in [0.2, 0.25) is 0 Å². The monoisotopic (exact) mass is 298 g/mol. The van der Waals surface area contributed by atoms with Crippen LogP contribution in [0.2, 0.25) is 0 Å². The van der Waals surface area contributed by atoms with E-state index in [9.17, 15) is 18.3 Å². The second kappa shape index (κ2) is 5.09. The van der Waals surface area contributed by atoms with E-state index < -0.39 is 26.5 Å². The summed E-state index contributed by atoms with van der Waals surface area (Å²) in [5, 5.41) is 9.53. The molecule has 1 saturated carbocycles. The van der Waals surface area contributed by atoms with Gasteiger partial charge in [0.1, 0.15) is 5.75 Å². The van der Waals surface area contributed by atoms with E-state index in [2.05, 4.69) is 0 Å². The molecule has 0 bridgehead atoms. The van der Waals surface area contributed by atoms with Crippen molar-refractivity contribution in [2.75, 3.05) is 7.11 Å². The third-order valence-corrected chi connectivity index (χ3v) is 6.83. The van der Waals surface area contributed by atoms with Crippen molar-refractivity contribution in [1.29, 1.82) is 0 Å². The van der Waals surface area contributed by atoms with Crippen LogP contribution in [0.4, 0.5) is 0 Å². The predicted octanol–water partition coefficient (Wildman–Crippen LogP) is 2.11. The van der Waals surface area contributed by atoms with Gasteiger partial charge in [-0.25, -0.2) is 8.42 Å². The van der Waals surface area contributed by atoms with E-state index in [1.54, 1.807) is 6.92 Å². The number of carboxylic acids is 1. The molecular formula is C14H18O5S. The molecule has 0 spiro atoms. The van der Waals surface area contributed by atoms with Crippen molar-refractivity contribution in [2.24, 2.45) is 5.92 Å². The van der Waals surface area contributed by atoms with Gasteiger partial charge in [0.25, 0.3) is 0 Å². The van der Waals surface area contributed by atoms with Gasteiger partial charge < -0.3 is 9.84 Å². The van der Waals surface area contributed by atoms with E-state index in [4.69, 9.17) is 4.74 Å². The highest BCUT2D eigenvalue weighted by molar-refractivity contribution is 7.93. The number of carbonyl (C=O) groups is 1. The quantitative estimate of drug-likeness (QED) is 0.920. The summed E-state index contributed by atoms with van der Waals surface area (Å²) in [5.74, 6) is -1.11. The molecule has 20 heavy (non-hydrogen) atoms. The molecule has 5 nitrogen and oxygen atoms in total. The van der Waals surface area contributed by atoms with Crippen LogP contribution in [0.15, 0.2) is 29.2 Å². The van der Waals surface area contributed by atoms with Gasteiger partial charge >= 0.3 is 5.97 Å². The van der Waals surface area contributed by atoms with Gasteiger partial charge in [-0.1, -0.05) is 13.3 Å². The molecule has 0 heterocycles. The van der Waals surface area contributed by atoms with Gasteiger partial charge in [-0.2, -0.15) is 0 Å². The molecule has 6 heteroatoms. The van der Waals surface area contributed by atoms with Crippen molar-refractivity contribution in [1.82, 2.24) is 0 Å². The lowest BCUT2D eigenvalue weighted by molar-refractivity contribution is -0.141. The van der Waals surface area contributed by atoms with Gasteiger partial charge in [-0.05, 0) is 43.0 Å². The van der Waals surface area contributed by atoms with Crippen molar-refractivity contribution in [3.05, 3.63) is 24.3 Å². The van der Waals surface area contributed by atoms with E-state index in [1.807, 2.05) is 0 Å². The standard InChI is InChI=1S/C14H18O5S/c1-10-4-3-9-14(10,13(15)16)20(17,18)12-7-5-11(19-2)6-8-12/h5-8,10H,3-4,9H2,1-2H3,(H,15,16). The summed E-state index contributed by atoms with van der Waals surface area (Å²) in [6.45, 7) is 1.70. The maximum absolute atomic E-state index is 12.8. The summed E-state index contributed by atoms with van der Waals surface area (Å²) < 4.78 is 28.9. The first-order chi connectivity index (χ1) is 9.36. The summed E-state index contributed by atoms with van der Waals surface area (Å²) in [4.78, 5) is 11.7. The molecule has 1 fully saturated rings. The lowest BCUT2D eigenvalue weighted by atomic mass is 9.97. The van der Waals surface area contributed by atoms with Crippen molar-refractivity contribution in [2.45, 2.75) is 35.8 Å². The third kappa shape index (κ3) is 1.98.